The maximum absolute atomic E-state index is 12.8. The summed E-state index contributed by atoms with van der Waals surface area (Å²) in [5, 5.41) is 1.18. The number of carbonyl (C=O) groups excluding carboxylic acids is 2. The molecule has 0 spiro atoms. The van der Waals surface area contributed by atoms with Crippen molar-refractivity contribution in [3.05, 3.63) is 33.9 Å². The van der Waals surface area contributed by atoms with Gasteiger partial charge in [0.1, 0.15) is 13.2 Å². The van der Waals surface area contributed by atoms with Crippen LogP contribution >= 0.6 is 23.2 Å². The zero-order chi connectivity index (χ0) is 25.3. The summed E-state index contributed by atoms with van der Waals surface area (Å²) in [6.07, 6.45) is -0.563. The summed E-state index contributed by atoms with van der Waals surface area (Å²) in [6, 6.07) is 4.66. The highest BCUT2D eigenvalue weighted by Gasteiger charge is 2.22. The van der Waals surface area contributed by atoms with Crippen LogP contribution in [0.15, 0.2) is 18.2 Å². The number of rotatable bonds is 12. The molecule has 1 aromatic carbocycles. The zero-order valence-corrected chi connectivity index (χ0v) is 22.1. The maximum Gasteiger partial charge on any atom is 0.414 e. The third-order valence-corrected chi connectivity index (χ3v) is 6.23. The van der Waals surface area contributed by atoms with Crippen molar-refractivity contribution in [2.75, 3.05) is 64.4 Å². The molecule has 0 N–H and O–H groups in total. The molecule has 0 aliphatic carbocycles. The van der Waals surface area contributed by atoms with Gasteiger partial charge in [0, 0.05) is 30.5 Å². The molecule has 0 bridgehead atoms. The number of amides is 1. The molecule has 8 nitrogen and oxygen atoms in total. The van der Waals surface area contributed by atoms with Crippen LogP contribution in [0.25, 0.3) is 10.9 Å². The minimum atomic E-state index is -0.588. The number of anilines is 1. The van der Waals surface area contributed by atoms with Crippen molar-refractivity contribution < 1.29 is 19.1 Å². The molecule has 0 saturated carbocycles. The highest BCUT2D eigenvalue weighted by Crippen LogP contribution is 2.35. The Labute approximate surface area is 211 Å². The van der Waals surface area contributed by atoms with Crippen LogP contribution in [0.2, 0.25) is 10.0 Å². The van der Waals surface area contributed by atoms with Crippen molar-refractivity contribution >= 4 is 51.9 Å². The Bertz CT molecular complexity index is 981. The molecule has 1 aromatic heterocycles. The lowest BCUT2D eigenvalue weighted by Crippen LogP contribution is -2.32. The number of carbonyl (C=O) groups is 2. The topological polar surface area (TPSA) is 75.2 Å². The predicted molar refractivity (Wildman–Crippen MR) is 137 cm³/mol. The monoisotopic (exact) mass is 512 g/mol. The second kappa shape index (κ2) is 13.7. The number of hydrogen-bond donors (Lipinski definition) is 0. The average Bonchev–Trinajstić information content (AvgIpc) is 2.82. The van der Waals surface area contributed by atoms with Crippen LogP contribution < -0.4 is 4.90 Å². The Balaban J connectivity index is 2.29. The lowest BCUT2D eigenvalue weighted by molar-refractivity contribution is 0.0460. The van der Waals surface area contributed by atoms with Crippen molar-refractivity contribution in [2.24, 2.45) is 0 Å². The first-order valence-corrected chi connectivity index (χ1v) is 12.3. The van der Waals surface area contributed by atoms with E-state index in [2.05, 4.69) is 28.6 Å². The third-order valence-electron chi connectivity index (χ3n) is 5.71. The summed E-state index contributed by atoms with van der Waals surface area (Å²) < 4.78 is 10.9. The number of aromatic nitrogens is 1. The van der Waals surface area contributed by atoms with Crippen molar-refractivity contribution in [3.63, 3.8) is 0 Å². The van der Waals surface area contributed by atoms with Crippen LogP contribution in [-0.2, 0) is 9.47 Å². The highest BCUT2D eigenvalue weighted by atomic mass is 35.5. The first kappa shape index (κ1) is 28.1. The van der Waals surface area contributed by atoms with Gasteiger partial charge in [-0.25, -0.2) is 14.6 Å². The van der Waals surface area contributed by atoms with Gasteiger partial charge in [-0.15, -0.1) is 0 Å². The van der Waals surface area contributed by atoms with E-state index in [0.717, 1.165) is 26.2 Å². The molecule has 0 saturated heterocycles. The molecule has 0 unspecified atom stereocenters. The van der Waals surface area contributed by atoms with E-state index in [-0.39, 0.29) is 18.9 Å². The van der Waals surface area contributed by atoms with Crippen molar-refractivity contribution in [3.8, 4) is 0 Å². The molecule has 0 radical (unpaired) electrons. The van der Waals surface area contributed by atoms with Crippen LogP contribution in [-0.4, -0.2) is 86.4 Å². The summed E-state index contributed by atoms with van der Waals surface area (Å²) in [6.45, 7) is 13.4. The van der Waals surface area contributed by atoms with Gasteiger partial charge < -0.3 is 19.3 Å². The Morgan fingerprint density at radius 1 is 0.882 bits per heavy atom. The first-order valence-electron chi connectivity index (χ1n) is 11.6. The van der Waals surface area contributed by atoms with Gasteiger partial charge in [-0.05, 0) is 44.4 Å². The van der Waals surface area contributed by atoms with E-state index in [9.17, 15) is 9.59 Å². The van der Waals surface area contributed by atoms with Gasteiger partial charge in [-0.3, -0.25) is 4.90 Å². The molecule has 0 aliphatic heterocycles. The molecule has 0 aliphatic rings. The number of ether oxygens (including phenoxy) is 2. The number of pyridine rings is 1. The second-order valence-corrected chi connectivity index (χ2v) is 8.52. The molecule has 34 heavy (non-hydrogen) atoms. The molecule has 0 fully saturated rings. The number of fused-ring (bicyclic) bond motifs is 1. The fourth-order valence-corrected chi connectivity index (χ4v) is 4.09. The van der Waals surface area contributed by atoms with Crippen molar-refractivity contribution in [2.45, 2.75) is 27.7 Å². The number of nitrogens with zero attached hydrogens (tertiary/aromatic N) is 4. The lowest BCUT2D eigenvalue weighted by atomic mass is 10.1. The largest absolute Gasteiger partial charge is 0.460 e. The summed E-state index contributed by atoms with van der Waals surface area (Å²) in [5.74, 6) is -0.588. The third kappa shape index (κ3) is 7.43. The van der Waals surface area contributed by atoms with Gasteiger partial charge in [0.2, 0.25) is 0 Å². The van der Waals surface area contributed by atoms with Crippen molar-refractivity contribution in [1.82, 2.24) is 14.8 Å². The fraction of sp³-hybridized carbons (Fsp3) is 0.542. The number of hydrogen-bond acceptors (Lipinski definition) is 7. The second-order valence-electron chi connectivity index (χ2n) is 7.67. The van der Waals surface area contributed by atoms with E-state index in [1.54, 1.807) is 19.2 Å². The normalized spacial score (nSPS) is 11.3. The smallest absolute Gasteiger partial charge is 0.414 e. The Morgan fingerprint density at radius 2 is 1.44 bits per heavy atom. The highest BCUT2D eigenvalue weighted by molar-refractivity contribution is 6.39. The molecule has 1 heterocycles. The minimum absolute atomic E-state index is 0.0585. The Hall–Kier alpha value is -2.13. The average molecular weight is 513 g/mol. The van der Waals surface area contributed by atoms with E-state index in [1.807, 2.05) is 13.8 Å². The quantitative estimate of drug-likeness (QED) is 0.372. The molecule has 0 atom stereocenters. The van der Waals surface area contributed by atoms with Gasteiger partial charge in [0.05, 0.1) is 16.2 Å². The number of halogens is 2. The van der Waals surface area contributed by atoms with Crippen molar-refractivity contribution in [1.29, 1.82) is 0 Å². The summed E-state index contributed by atoms with van der Waals surface area (Å²) in [5.41, 5.74) is 0.826. The van der Waals surface area contributed by atoms with Crippen LogP contribution in [0.4, 0.5) is 10.5 Å². The Morgan fingerprint density at radius 3 is 2.00 bits per heavy atom. The van der Waals surface area contributed by atoms with Crippen LogP contribution in [0.3, 0.4) is 0 Å². The molecular formula is C24H34Cl2N4O4. The number of benzene rings is 1. The van der Waals surface area contributed by atoms with E-state index in [1.165, 1.54) is 11.0 Å². The fourth-order valence-electron chi connectivity index (χ4n) is 3.51. The van der Waals surface area contributed by atoms with Crippen LogP contribution in [0, 0.1) is 0 Å². The van der Waals surface area contributed by atoms with Crippen LogP contribution in [0.1, 0.15) is 38.2 Å². The Kier molecular flexibility index (Phi) is 11.3. The minimum Gasteiger partial charge on any atom is -0.460 e. The lowest BCUT2D eigenvalue weighted by Gasteiger charge is -2.22. The maximum atomic E-state index is 12.8. The number of esters is 1. The van der Waals surface area contributed by atoms with Gasteiger partial charge in [-0.1, -0.05) is 50.9 Å². The molecular weight excluding hydrogens is 479 g/mol. The van der Waals surface area contributed by atoms with Gasteiger partial charge in [-0.2, -0.15) is 0 Å². The SMILES string of the molecule is CCN(CC)CCOC(=O)c1cc(N(C)C(=O)OCCN(CC)CC)c2c(Cl)cc(Cl)cc2n1. The van der Waals surface area contributed by atoms with E-state index in [0.29, 0.717) is 39.7 Å². The van der Waals surface area contributed by atoms with Gasteiger partial charge >= 0.3 is 12.1 Å². The number of likely N-dealkylation sites (N-methyl/N-ethyl adjacent to an activating group) is 2. The van der Waals surface area contributed by atoms with Crippen LogP contribution in [0.5, 0.6) is 0 Å². The molecule has 2 rings (SSSR count). The molecule has 1 amide bonds. The molecule has 10 heteroatoms. The predicted octanol–water partition coefficient (Wildman–Crippen LogP) is 4.95. The molecule has 2 aromatic rings. The van der Waals surface area contributed by atoms with E-state index < -0.39 is 12.1 Å². The summed E-state index contributed by atoms with van der Waals surface area (Å²) >= 11 is 12.6. The summed E-state index contributed by atoms with van der Waals surface area (Å²) in [7, 11) is 1.56. The standard InChI is InChI=1S/C24H34Cl2N4O4/c1-6-29(7-2)10-12-33-23(31)20-16-21(22-18(26)14-17(25)15-19(22)27-20)28(5)24(32)34-13-11-30(8-3)9-4/h14-16H,6-13H2,1-5H3. The summed E-state index contributed by atoms with van der Waals surface area (Å²) in [4.78, 5) is 35.6. The van der Waals surface area contributed by atoms with Gasteiger partial charge in [0.25, 0.3) is 0 Å². The van der Waals surface area contributed by atoms with Gasteiger partial charge in [0.15, 0.2) is 5.69 Å². The van der Waals surface area contributed by atoms with E-state index in [4.69, 9.17) is 32.7 Å². The van der Waals surface area contributed by atoms with E-state index >= 15 is 0 Å². The first-order chi connectivity index (χ1) is 16.2. The molecule has 188 valence electrons. The zero-order valence-electron chi connectivity index (χ0n) is 20.6.